The lowest BCUT2D eigenvalue weighted by atomic mass is 10.1. The van der Waals surface area contributed by atoms with Crippen LogP contribution in [0, 0.1) is 0 Å². The first-order valence-electron chi connectivity index (χ1n) is 8.38. The Labute approximate surface area is 136 Å². The topological polar surface area (TPSA) is 64.1 Å². The Hall–Kier alpha value is -1.05. The lowest BCUT2D eigenvalue weighted by Gasteiger charge is -2.29. The number of ether oxygens (including phenoxy) is 3. The van der Waals surface area contributed by atoms with E-state index in [1.54, 1.807) is 0 Å². The number of fused-ring (bicyclic) bond motifs is 1. The number of nitrogens with zero attached hydrogens (tertiary/aromatic N) is 2. The molecule has 4 rings (SSSR count). The molecule has 3 aliphatic rings. The van der Waals surface area contributed by atoms with E-state index in [0.717, 1.165) is 25.1 Å². The summed E-state index contributed by atoms with van der Waals surface area (Å²) in [5, 5.41) is 10.5. The average Bonchev–Trinajstić information content (AvgIpc) is 3.17. The molecule has 0 aromatic carbocycles. The summed E-state index contributed by atoms with van der Waals surface area (Å²) in [5.74, 6) is -0.689. The van der Waals surface area contributed by atoms with Crippen molar-refractivity contribution in [1.82, 2.24) is 9.88 Å². The number of aromatic nitrogens is 1. The van der Waals surface area contributed by atoms with E-state index in [1.165, 1.54) is 0 Å². The van der Waals surface area contributed by atoms with Crippen LogP contribution in [-0.4, -0.2) is 58.5 Å². The van der Waals surface area contributed by atoms with Gasteiger partial charge in [-0.2, -0.15) is 0 Å². The van der Waals surface area contributed by atoms with Crippen LogP contribution < -0.4 is 0 Å². The highest BCUT2D eigenvalue weighted by Crippen LogP contribution is 2.39. The standard InChI is InChI=1S/C17H24N2O4/c1-17(2)22-15-14(20)13(21-16(15)23-17)10-19-9-5-7-12(19)11-6-3-4-8-18-11/h3-4,6,8,12-16,20H,5,7,9-10H2,1-2H3/t12-,13-,14+,15-,16?/m1/s1. The second-order valence-corrected chi connectivity index (χ2v) is 7.04. The highest BCUT2D eigenvalue weighted by molar-refractivity contribution is 5.11. The summed E-state index contributed by atoms with van der Waals surface area (Å²) in [6.45, 7) is 5.35. The monoisotopic (exact) mass is 320 g/mol. The molecule has 126 valence electrons. The van der Waals surface area contributed by atoms with Crippen molar-refractivity contribution in [1.29, 1.82) is 0 Å². The van der Waals surface area contributed by atoms with Crippen molar-refractivity contribution in [2.45, 2.75) is 63.1 Å². The molecule has 6 heteroatoms. The van der Waals surface area contributed by atoms with Crippen molar-refractivity contribution in [3.63, 3.8) is 0 Å². The minimum Gasteiger partial charge on any atom is -0.387 e. The van der Waals surface area contributed by atoms with E-state index in [2.05, 4.69) is 16.0 Å². The SMILES string of the molecule is CC1(C)OC2O[C@H](CN3CCC[C@@H]3c3ccccn3)[C@H](O)[C@H]2O1. The normalized spacial score (nSPS) is 39.7. The fraction of sp³-hybridized carbons (Fsp3) is 0.706. The second-order valence-electron chi connectivity index (χ2n) is 7.04. The predicted octanol–water partition coefficient (Wildman–Crippen LogP) is 1.46. The third-order valence-electron chi connectivity index (χ3n) is 4.92. The third kappa shape index (κ3) is 2.90. The number of pyridine rings is 1. The molecular formula is C17H24N2O4. The molecule has 1 unspecified atom stereocenters. The lowest BCUT2D eigenvalue weighted by Crippen LogP contribution is -2.41. The van der Waals surface area contributed by atoms with Gasteiger partial charge in [0.2, 0.25) is 0 Å². The molecule has 3 fully saturated rings. The Morgan fingerprint density at radius 1 is 1.35 bits per heavy atom. The maximum Gasteiger partial charge on any atom is 0.190 e. The summed E-state index contributed by atoms with van der Waals surface area (Å²) < 4.78 is 17.4. The van der Waals surface area contributed by atoms with Crippen LogP contribution in [0.1, 0.15) is 38.4 Å². The molecule has 4 heterocycles. The van der Waals surface area contributed by atoms with Crippen molar-refractivity contribution < 1.29 is 19.3 Å². The molecule has 3 saturated heterocycles. The fourth-order valence-corrected chi connectivity index (χ4v) is 3.89. The molecule has 1 aromatic heterocycles. The van der Waals surface area contributed by atoms with E-state index in [9.17, 15) is 5.11 Å². The minimum absolute atomic E-state index is 0.287. The molecule has 6 nitrogen and oxygen atoms in total. The summed E-state index contributed by atoms with van der Waals surface area (Å²) in [6, 6.07) is 6.32. The Balaban J connectivity index is 1.43. The van der Waals surface area contributed by atoms with Crippen LogP contribution in [-0.2, 0) is 14.2 Å². The van der Waals surface area contributed by atoms with Gasteiger partial charge in [-0.25, -0.2) is 0 Å². The molecule has 0 radical (unpaired) electrons. The van der Waals surface area contributed by atoms with Crippen LogP contribution >= 0.6 is 0 Å². The van der Waals surface area contributed by atoms with Crippen molar-refractivity contribution >= 4 is 0 Å². The Bertz CT molecular complexity index is 553. The highest BCUT2D eigenvalue weighted by atomic mass is 16.8. The Morgan fingerprint density at radius 3 is 2.96 bits per heavy atom. The van der Waals surface area contributed by atoms with E-state index >= 15 is 0 Å². The predicted molar refractivity (Wildman–Crippen MR) is 82.5 cm³/mol. The van der Waals surface area contributed by atoms with Gasteiger partial charge in [0.15, 0.2) is 12.1 Å². The maximum atomic E-state index is 10.5. The molecule has 1 aromatic rings. The maximum absolute atomic E-state index is 10.5. The Kier molecular flexibility index (Phi) is 3.90. The van der Waals surface area contributed by atoms with Gasteiger partial charge in [-0.15, -0.1) is 0 Å². The van der Waals surface area contributed by atoms with Crippen LogP contribution in [0.4, 0.5) is 0 Å². The van der Waals surface area contributed by atoms with Crippen LogP contribution in [0.3, 0.4) is 0 Å². The number of hydrogen-bond donors (Lipinski definition) is 1. The first-order valence-corrected chi connectivity index (χ1v) is 8.38. The van der Waals surface area contributed by atoms with Gasteiger partial charge in [0.05, 0.1) is 11.7 Å². The van der Waals surface area contributed by atoms with Crippen LogP contribution in [0.25, 0.3) is 0 Å². The minimum atomic E-state index is -0.689. The summed E-state index contributed by atoms with van der Waals surface area (Å²) in [7, 11) is 0. The first kappa shape index (κ1) is 15.5. The van der Waals surface area contributed by atoms with Crippen molar-refractivity contribution in [2.24, 2.45) is 0 Å². The van der Waals surface area contributed by atoms with Gasteiger partial charge in [0, 0.05) is 12.7 Å². The van der Waals surface area contributed by atoms with Crippen LogP contribution in [0.15, 0.2) is 24.4 Å². The average molecular weight is 320 g/mol. The van der Waals surface area contributed by atoms with E-state index in [-0.39, 0.29) is 6.10 Å². The molecule has 0 saturated carbocycles. The van der Waals surface area contributed by atoms with Crippen molar-refractivity contribution in [2.75, 3.05) is 13.1 Å². The molecule has 3 aliphatic heterocycles. The molecule has 0 amide bonds. The summed E-state index contributed by atoms with van der Waals surface area (Å²) >= 11 is 0. The van der Waals surface area contributed by atoms with Gasteiger partial charge >= 0.3 is 0 Å². The zero-order valence-corrected chi connectivity index (χ0v) is 13.6. The highest BCUT2D eigenvalue weighted by Gasteiger charge is 2.54. The Morgan fingerprint density at radius 2 is 2.22 bits per heavy atom. The molecule has 0 spiro atoms. The molecule has 1 N–H and O–H groups in total. The summed E-state index contributed by atoms with van der Waals surface area (Å²) in [4.78, 5) is 6.84. The van der Waals surface area contributed by atoms with E-state index < -0.39 is 24.3 Å². The fourth-order valence-electron chi connectivity index (χ4n) is 3.89. The molecular weight excluding hydrogens is 296 g/mol. The van der Waals surface area contributed by atoms with E-state index in [0.29, 0.717) is 12.6 Å². The number of likely N-dealkylation sites (tertiary alicyclic amines) is 1. The lowest BCUT2D eigenvalue weighted by molar-refractivity contribution is -0.216. The smallest absolute Gasteiger partial charge is 0.190 e. The van der Waals surface area contributed by atoms with Gasteiger partial charge in [-0.3, -0.25) is 9.88 Å². The van der Waals surface area contributed by atoms with Gasteiger partial charge in [-0.05, 0) is 45.4 Å². The van der Waals surface area contributed by atoms with Crippen LogP contribution in [0.2, 0.25) is 0 Å². The molecule has 0 bridgehead atoms. The van der Waals surface area contributed by atoms with Crippen LogP contribution in [0.5, 0.6) is 0 Å². The quantitative estimate of drug-likeness (QED) is 0.909. The first-order chi connectivity index (χ1) is 11.0. The molecule has 5 atom stereocenters. The molecule has 23 heavy (non-hydrogen) atoms. The summed E-state index contributed by atoms with van der Waals surface area (Å²) in [5.41, 5.74) is 1.09. The third-order valence-corrected chi connectivity index (χ3v) is 4.92. The number of aliphatic hydroxyl groups is 1. The molecule has 0 aliphatic carbocycles. The van der Waals surface area contributed by atoms with Gasteiger partial charge in [0.1, 0.15) is 18.3 Å². The zero-order chi connectivity index (χ0) is 16.0. The second kappa shape index (κ2) is 5.79. The van der Waals surface area contributed by atoms with E-state index in [1.807, 2.05) is 32.2 Å². The van der Waals surface area contributed by atoms with E-state index in [4.69, 9.17) is 14.2 Å². The number of hydrogen-bond acceptors (Lipinski definition) is 6. The summed E-state index contributed by atoms with van der Waals surface area (Å²) in [6.07, 6.45) is 2.24. The van der Waals surface area contributed by atoms with Gasteiger partial charge in [-0.1, -0.05) is 6.07 Å². The zero-order valence-electron chi connectivity index (χ0n) is 13.6. The van der Waals surface area contributed by atoms with Crippen molar-refractivity contribution in [3.05, 3.63) is 30.1 Å². The largest absolute Gasteiger partial charge is 0.387 e. The number of rotatable bonds is 3. The van der Waals surface area contributed by atoms with Crippen molar-refractivity contribution in [3.8, 4) is 0 Å². The van der Waals surface area contributed by atoms with Gasteiger partial charge in [0.25, 0.3) is 0 Å². The number of aliphatic hydroxyl groups excluding tert-OH is 1. The van der Waals surface area contributed by atoms with Gasteiger partial charge < -0.3 is 19.3 Å².